The van der Waals surface area contributed by atoms with Crippen molar-refractivity contribution in [3.8, 4) is 0 Å². The Morgan fingerprint density at radius 2 is 1.86 bits per heavy atom. The molecule has 0 radical (unpaired) electrons. The average Bonchev–Trinajstić information content (AvgIpc) is 2.41. The van der Waals surface area contributed by atoms with Crippen LogP contribution in [-0.2, 0) is 10.2 Å². The summed E-state index contributed by atoms with van der Waals surface area (Å²) in [6.45, 7) is 9.66. The van der Waals surface area contributed by atoms with E-state index >= 15 is 0 Å². The molecule has 1 aliphatic rings. The minimum absolute atomic E-state index is 0. The molecule has 0 spiro atoms. The van der Waals surface area contributed by atoms with Crippen LogP contribution in [0.25, 0.3) is 0 Å². The molecule has 1 aromatic rings. The average molecular weight is 345 g/mol. The van der Waals surface area contributed by atoms with Crippen LogP contribution in [0.3, 0.4) is 0 Å². The Morgan fingerprint density at radius 3 is 2.36 bits per heavy atom. The number of likely N-dealkylation sites (tertiary alicyclic amines) is 1. The molecule has 0 saturated carbocycles. The maximum atomic E-state index is 13.0. The number of hydrogen-bond acceptors (Lipinski definition) is 2. The Labute approximate surface area is 144 Å². The number of carbonyl (C=O) groups is 1. The smallest absolute Gasteiger partial charge is 0.232 e. The standard InChI is InChI=1S/C17H25ClN2O.ClH/c1-16(2)11-20(10-9-14(16)19)15(21)17(3,4)12-5-7-13(18)8-6-12;/h5-8,14H,9-11,19H2,1-4H3;1H. The zero-order chi connectivity index (χ0) is 15.8. The largest absolute Gasteiger partial charge is 0.341 e. The molecule has 1 atom stereocenters. The Hall–Kier alpha value is -0.770. The minimum atomic E-state index is -0.553. The molecule has 1 aromatic carbocycles. The van der Waals surface area contributed by atoms with E-state index in [0.29, 0.717) is 11.6 Å². The number of halogens is 2. The molecule has 0 bridgehead atoms. The predicted molar refractivity (Wildman–Crippen MR) is 94.7 cm³/mol. The van der Waals surface area contributed by atoms with Gasteiger partial charge in [0.25, 0.3) is 0 Å². The molecule has 2 N–H and O–H groups in total. The van der Waals surface area contributed by atoms with Gasteiger partial charge < -0.3 is 10.6 Å². The molecule has 0 aromatic heterocycles. The molecule has 2 rings (SSSR count). The number of nitrogens with two attached hydrogens (primary N) is 1. The molecule has 1 heterocycles. The molecule has 3 nitrogen and oxygen atoms in total. The van der Waals surface area contributed by atoms with Crippen LogP contribution in [0.5, 0.6) is 0 Å². The van der Waals surface area contributed by atoms with Gasteiger partial charge in [-0.2, -0.15) is 0 Å². The summed E-state index contributed by atoms with van der Waals surface area (Å²) in [5, 5.41) is 0.687. The third-order valence-corrected chi connectivity index (χ3v) is 4.95. The first-order chi connectivity index (χ1) is 9.64. The predicted octanol–water partition coefficient (Wildman–Crippen LogP) is 3.63. The molecule has 1 amide bonds. The molecule has 124 valence electrons. The summed E-state index contributed by atoms with van der Waals surface area (Å²) in [6, 6.07) is 7.69. The van der Waals surface area contributed by atoms with Crippen molar-refractivity contribution in [1.29, 1.82) is 0 Å². The second kappa shape index (κ2) is 6.77. The van der Waals surface area contributed by atoms with Crippen LogP contribution >= 0.6 is 24.0 Å². The van der Waals surface area contributed by atoms with Crippen LogP contribution in [-0.4, -0.2) is 29.9 Å². The van der Waals surface area contributed by atoms with Crippen molar-refractivity contribution >= 4 is 29.9 Å². The number of carbonyl (C=O) groups excluding carboxylic acids is 1. The first-order valence-electron chi connectivity index (χ1n) is 7.45. The van der Waals surface area contributed by atoms with Crippen LogP contribution in [0, 0.1) is 5.41 Å². The van der Waals surface area contributed by atoms with E-state index in [4.69, 9.17) is 17.3 Å². The minimum Gasteiger partial charge on any atom is -0.341 e. The second-order valence-electron chi connectivity index (χ2n) is 7.24. The SMILES string of the molecule is CC(C)(C(=O)N1CCC(N)C(C)(C)C1)c1ccc(Cl)cc1.Cl. The normalized spacial score (nSPS) is 21.2. The third kappa shape index (κ3) is 3.76. The Balaban J connectivity index is 0.00000242. The van der Waals surface area contributed by atoms with Gasteiger partial charge in [-0.1, -0.05) is 37.6 Å². The van der Waals surface area contributed by atoms with Crippen molar-refractivity contribution < 1.29 is 4.79 Å². The number of rotatable bonds is 2. The highest BCUT2D eigenvalue weighted by molar-refractivity contribution is 6.30. The highest BCUT2D eigenvalue weighted by Gasteiger charge is 2.40. The maximum Gasteiger partial charge on any atom is 0.232 e. The van der Waals surface area contributed by atoms with E-state index < -0.39 is 5.41 Å². The van der Waals surface area contributed by atoms with Crippen molar-refractivity contribution in [2.75, 3.05) is 13.1 Å². The summed E-state index contributed by atoms with van der Waals surface area (Å²) in [4.78, 5) is 14.9. The monoisotopic (exact) mass is 344 g/mol. The van der Waals surface area contributed by atoms with Gasteiger partial charge in [-0.05, 0) is 43.4 Å². The van der Waals surface area contributed by atoms with Gasteiger partial charge in [0.2, 0.25) is 5.91 Å². The topological polar surface area (TPSA) is 46.3 Å². The van der Waals surface area contributed by atoms with E-state index in [1.807, 2.05) is 43.0 Å². The molecule has 1 fully saturated rings. The second-order valence-corrected chi connectivity index (χ2v) is 7.68. The van der Waals surface area contributed by atoms with E-state index in [0.717, 1.165) is 18.5 Å². The van der Waals surface area contributed by atoms with E-state index in [2.05, 4.69) is 13.8 Å². The van der Waals surface area contributed by atoms with Crippen LogP contribution in [0.1, 0.15) is 39.7 Å². The van der Waals surface area contributed by atoms with Crippen molar-refractivity contribution in [2.45, 2.75) is 45.6 Å². The van der Waals surface area contributed by atoms with Crippen molar-refractivity contribution in [2.24, 2.45) is 11.1 Å². The molecule has 22 heavy (non-hydrogen) atoms. The number of hydrogen-bond donors (Lipinski definition) is 1. The van der Waals surface area contributed by atoms with Gasteiger partial charge in [0.1, 0.15) is 0 Å². The lowest BCUT2D eigenvalue weighted by atomic mass is 9.77. The lowest BCUT2D eigenvalue weighted by molar-refractivity contribution is -0.139. The summed E-state index contributed by atoms with van der Waals surface area (Å²) < 4.78 is 0. The van der Waals surface area contributed by atoms with Gasteiger partial charge in [0.05, 0.1) is 5.41 Å². The van der Waals surface area contributed by atoms with E-state index in [1.165, 1.54) is 0 Å². The summed E-state index contributed by atoms with van der Waals surface area (Å²) in [5.74, 6) is 0.157. The zero-order valence-electron chi connectivity index (χ0n) is 13.7. The Morgan fingerprint density at radius 1 is 1.32 bits per heavy atom. The Kier molecular flexibility index (Phi) is 5.94. The van der Waals surface area contributed by atoms with E-state index in [-0.39, 0.29) is 29.8 Å². The van der Waals surface area contributed by atoms with Crippen molar-refractivity contribution in [1.82, 2.24) is 4.90 Å². The van der Waals surface area contributed by atoms with Gasteiger partial charge in [0.15, 0.2) is 0 Å². The lowest BCUT2D eigenvalue weighted by Gasteiger charge is -2.45. The van der Waals surface area contributed by atoms with Crippen molar-refractivity contribution in [3.63, 3.8) is 0 Å². The van der Waals surface area contributed by atoms with Crippen LogP contribution in [0.15, 0.2) is 24.3 Å². The van der Waals surface area contributed by atoms with Crippen molar-refractivity contribution in [3.05, 3.63) is 34.9 Å². The number of piperidine rings is 1. The number of nitrogens with zero attached hydrogens (tertiary/aromatic N) is 1. The fourth-order valence-electron chi connectivity index (χ4n) is 2.93. The van der Waals surface area contributed by atoms with Gasteiger partial charge >= 0.3 is 0 Å². The summed E-state index contributed by atoms with van der Waals surface area (Å²) in [7, 11) is 0. The highest BCUT2D eigenvalue weighted by Crippen LogP contribution is 2.32. The summed E-state index contributed by atoms with van der Waals surface area (Å²) in [6.07, 6.45) is 0.857. The summed E-state index contributed by atoms with van der Waals surface area (Å²) >= 11 is 5.93. The van der Waals surface area contributed by atoms with Crippen LogP contribution < -0.4 is 5.73 Å². The molecule has 1 saturated heterocycles. The molecular formula is C17H26Cl2N2O. The first-order valence-corrected chi connectivity index (χ1v) is 7.83. The van der Waals surface area contributed by atoms with Gasteiger partial charge in [0, 0.05) is 24.2 Å². The highest BCUT2D eigenvalue weighted by atomic mass is 35.5. The molecule has 1 aliphatic heterocycles. The van der Waals surface area contributed by atoms with Gasteiger partial charge in [-0.25, -0.2) is 0 Å². The maximum absolute atomic E-state index is 13.0. The third-order valence-electron chi connectivity index (χ3n) is 4.70. The fourth-order valence-corrected chi connectivity index (χ4v) is 3.06. The van der Waals surface area contributed by atoms with Gasteiger partial charge in [-0.3, -0.25) is 4.79 Å². The van der Waals surface area contributed by atoms with Crippen LogP contribution in [0.2, 0.25) is 5.02 Å². The van der Waals surface area contributed by atoms with Gasteiger partial charge in [-0.15, -0.1) is 12.4 Å². The molecular weight excluding hydrogens is 319 g/mol. The Bertz CT molecular complexity index is 526. The first kappa shape index (κ1) is 19.3. The van der Waals surface area contributed by atoms with E-state index in [1.54, 1.807) is 0 Å². The number of amides is 1. The number of benzene rings is 1. The molecule has 0 aliphatic carbocycles. The van der Waals surface area contributed by atoms with E-state index in [9.17, 15) is 4.79 Å². The fraction of sp³-hybridized carbons (Fsp3) is 0.588. The molecule has 1 unspecified atom stereocenters. The van der Waals surface area contributed by atoms with Crippen LogP contribution in [0.4, 0.5) is 0 Å². The molecule has 5 heteroatoms. The zero-order valence-corrected chi connectivity index (χ0v) is 15.3. The quantitative estimate of drug-likeness (QED) is 0.890. The lowest BCUT2D eigenvalue weighted by Crippen LogP contribution is -2.56. The summed E-state index contributed by atoms with van der Waals surface area (Å²) in [5.41, 5.74) is 6.56.